The molecule has 2 heterocycles. The van der Waals surface area contributed by atoms with E-state index < -0.39 is 6.16 Å². The number of benzene rings is 1. The number of nitrogens with two attached hydrogens (primary N) is 1. The molecule has 9 heteroatoms. The van der Waals surface area contributed by atoms with Crippen molar-refractivity contribution >= 4 is 45.4 Å². The van der Waals surface area contributed by atoms with E-state index in [4.69, 9.17) is 15.2 Å². The van der Waals surface area contributed by atoms with Crippen LogP contribution >= 0.6 is 22.7 Å². The number of hydrogen-bond acceptors (Lipinski definition) is 8. The number of aromatic nitrogens is 1. The fraction of sp³-hybridized carbons (Fsp3) is 0.348. The second-order valence-corrected chi connectivity index (χ2v) is 9.84. The lowest BCUT2D eigenvalue weighted by atomic mass is 9.95. The van der Waals surface area contributed by atoms with Crippen molar-refractivity contribution in [3.63, 3.8) is 0 Å². The Balaban J connectivity index is 1.31. The summed E-state index contributed by atoms with van der Waals surface area (Å²) in [6.07, 6.45) is 3.00. The maximum absolute atomic E-state index is 12.6. The molecule has 0 radical (unpaired) electrons. The van der Waals surface area contributed by atoms with E-state index in [1.165, 1.54) is 22.7 Å². The quantitative estimate of drug-likeness (QED) is 0.463. The fourth-order valence-electron chi connectivity index (χ4n) is 3.74. The van der Waals surface area contributed by atoms with E-state index in [9.17, 15) is 9.59 Å². The average molecular weight is 472 g/mol. The van der Waals surface area contributed by atoms with Crippen LogP contribution in [0.3, 0.4) is 0 Å². The molecule has 0 saturated carbocycles. The third-order valence-electron chi connectivity index (χ3n) is 5.43. The first-order valence-corrected chi connectivity index (χ1v) is 12.2. The Labute approximate surface area is 194 Å². The summed E-state index contributed by atoms with van der Waals surface area (Å²) >= 11 is 2.88. The summed E-state index contributed by atoms with van der Waals surface area (Å²) < 4.78 is 10.6. The first-order chi connectivity index (χ1) is 15.5. The van der Waals surface area contributed by atoms with E-state index in [1.54, 1.807) is 6.20 Å². The number of nitrogens with one attached hydrogen (secondary N) is 1. The molecule has 2 unspecified atom stereocenters. The van der Waals surface area contributed by atoms with Crippen molar-refractivity contribution in [1.82, 2.24) is 4.98 Å². The van der Waals surface area contributed by atoms with E-state index in [-0.39, 0.29) is 24.5 Å². The van der Waals surface area contributed by atoms with E-state index in [0.717, 1.165) is 21.0 Å². The van der Waals surface area contributed by atoms with Gasteiger partial charge in [0, 0.05) is 29.3 Å². The van der Waals surface area contributed by atoms with E-state index >= 15 is 0 Å². The number of amides is 1. The zero-order chi connectivity index (χ0) is 22.5. The molecule has 2 atom stereocenters. The molecule has 0 aliphatic heterocycles. The molecular formula is C23H25N3O4S2. The molecule has 7 nitrogen and oxygen atoms in total. The van der Waals surface area contributed by atoms with Crippen LogP contribution in [0.5, 0.6) is 0 Å². The van der Waals surface area contributed by atoms with Crippen LogP contribution in [-0.4, -0.2) is 23.2 Å². The molecule has 168 valence electrons. The maximum Gasteiger partial charge on any atom is 0.508 e. The number of nitrogens with zero attached hydrogens (tertiary/aromatic N) is 1. The largest absolute Gasteiger partial charge is 0.508 e. The van der Waals surface area contributed by atoms with Gasteiger partial charge in [0.2, 0.25) is 5.91 Å². The number of anilines is 2. The summed E-state index contributed by atoms with van der Waals surface area (Å²) in [5.74, 6) is 0.0467. The van der Waals surface area contributed by atoms with Gasteiger partial charge in [0.05, 0.1) is 5.69 Å². The zero-order valence-corrected chi connectivity index (χ0v) is 19.3. The van der Waals surface area contributed by atoms with Crippen molar-refractivity contribution in [3.05, 3.63) is 62.9 Å². The third-order valence-corrected chi connectivity index (χ3v) is 7.37. The Morgan fingerprint density at radius 1 is 1.31 bits per heavy atom. The normalized spacial score (nSPS) is 16.1. The second kappa shape index (κ2) is 10.1. The number of thiophene rings is 1. The van der Waals surface area contributed by atoms with E-state index in [0.29, 0.717) is 36.4 Å². The van der Waals surface area contributed by atoms with Crippen molar-refractivity contribution in [2.45, 2.75) is 51.2 Å². The lowest BCUT2D eigenvalue weighted by Gasteiger charge is -2.22. The predicted octanol–water partition coefficient (Wildman–Crippen LogP) is 5.13. The standard InChI is InChI=1S/C23H25N3O4S2/c1-14(15-5-3-2-4-6-15)11-19(27)26-22-21(24)17-8-7-16(12-18(17)32-22)30-23(28)29-13-20-25-9-10-31-20/h2-6,9-10,14,16H,7-8,11-13,24H2,1H3,(H,26,27). The molecule has 0 bridgehead atoms. The van der Waals surface area contributed by atoms with Gasteiger partial charge in [-0.1, -0.05) is 37.3 Å². The lowest BCUT2D eigenvalue weighted by Crippen LogP contribution is -2.25. The average Bonchev–Trinajstić information content (AvgIpc) is 3.41. The van der Waals surface area contributed by atoms with Gasteiger partial charge in [0.15, 0.2) is 0 Å². The number of thiazole rings is 1. The van der Waals surface area contributed by atoms with Crippen LogP contribution in [0.4, 0.5) is 15.5 Å². The van der Waals surface area contributed by atoms with Crippen LogP contribution in [0.25, 0.3) is 0 Å². The summed E-state index contributed by atoms with van der Waals surface area (Å²) in [4.78, 5) is 29.7. The minimum absolute atomic E-state index is 0.0646. The number of fused-ring (bicyclic) bond motifs is 1. The molecule has 3 N–H and O–H groups in total. The first kappa shape index (κ1) is 22.3. The van der Waals surface area contributed by atoms with Crippen LogP contribution in [0, 0.1) is 0 Å². The molecule has 1 aliphatic carbocycles. The Bertz CT molecular complexity index is 1070. The number of hydrogen-bond donors (Lipinski definition) is 2. The molecule has 1 aliphatic rings. The van der Waals surface area contributed by atoms with Gasteiger partial charge < -0.3 is 20.5 Å². The first-order valence-electron chi connectivity index (χ1n) is 10.5. The van der Waals surface area contributed by atoms with Gasteiger partial charge in [-0.05, 0) is 29.9 Å². The van der Waals surface area contributed by atoms with Crippen molar-refractivity contribution in [2.24, 2.45) is 0 Å². The Kier molecular flexibility index (Phi) is 7.06. The van der Waals surface area contributed by atoms with E-state index in [1.807, 2.05) is 42.6 Å². The number of nitrogen functional groups attached to an aromatic ring is 1. The summed E-state index contributed by atoms with van der Waals surface area (Å²) in [6.45, 7) is 2.14. The Hall–Kier alpha value is -2.91. The van der Waals surface area contributed by atoms with Crippen molar-refractivity contribution < 1.29 is 19.1 Å². The number of rotatable bonds is 7. The van der Waals surface area contributed by atoms with E-state index in [2.05, 4.69) is 10.3 Å². The second-order valence-electron chi connectivity index (χ2n) is 7.76. The minimum atomic E-state index is -0.693. The molecule has 2 aromatic heterocycles. The molecular weight excluding hydrogens is 446 g/mol. The van der Waals surface area contributed by atoms with Crippen molar-refractivity contribution in [2.75, 3.05) is 11.1 Å². The van der Waals surface area contributed by atoms with Gasteiger partial charge in [-0.25, -0.2) is 9.78 Å². The SMILES string of the molecule is CC(CC(=O)Nc1sc2c(c1N)CCC(OC(=O)OCc1nccs1)C2)c1ccccc1. The highest BCUT2D eigenvalue weighted by Crippen LogP contribution is 2.41. The minimum Gasteiger partial charge on any atom is -0.431 e. The van der Waals surface area contributed by atoms with Gasteiger partial charge in [0.25, 0.3) is 0 Å². The smallest absolute Gasteiger partial charge is 0.431 e. The highest BCUT2D eigenvalue weighted by atomic mass is 32.1. The van der Waals surface area contributed by atoms with Crippen LogP contribution in [-0.2, 0) is 33.7 Å². The van der Waals surface area contributed by atoms with Crippen LogP contribution in [0.1, 0.15) is 46.7 Å². The molecule has 1 aromatic carbocycles. The molecule has 0 spiro atoms. The summed E-state index contributed by atoms with van der Waals surface area (Å²) in [6, 6.07) is 9.96. The van der Waals surface area contributed by atoms with Gasteiger partial charge in [0.1, 0.15) is 22.7 Å². The zero-order valence-electron chi connectivity index (χ0n) is 17.7. The van der Waals surface area contributed by atoms with Gasteiger partial charge in [-0.3, -0.25) is 4.79 Å². The van der Waals surface area contributed by atoms with Crippen molar-refractivity contribution in [3.8, 4) is 0 Å². The molecule has 32 heavy (non-hydrogen) atoms. The lowest BCUT2D eigenvalue weighted by molar-refractivity contribution is -0.116. The summed E-state index contributed by atoms with van der Waals surface area (Å²) in [5.41, 5.74) is 9.11. The molecule has 1 amide bonds. The topological polar surface area (TPSA) is 104 Å². The summed E-state index contributed by atoms with van der Waals surface area (Å²) in [5, 5.41) is 6.20. The number of carbonyl (C=O) groups excluding carboxylic acids is 2. The van der Waals surface area contributed by atoms with Gasteiger partial charge in [-0.2, -0.15) is 0 Å². The van der Waals surface area contributed by atoms with Crippen LogP contribution in [0.2, 0.25) is 0 Å². The van der Waals surface area contributed by atoms with Crippen LogP contribution < -0.4 is 11.1 Å². The Morgan fingerprint density at radius 2 is 2.12 bits per heavy atom. The fourth-order valence-corrected chi connectivity index (χ4v) is 5.52. The molecule has 3 aromatic rings. The van der Waals surface area contributed by atoms with Gasteiger partial charge in [-0.15, -0.1) is 22.7 Å². The maximum atomic E-state index is 12.6. The highest BCUT2D eigenvalue weighted by Gasteiger charge is 2.28. The molecule has 4 rings (SSSR count). The van der Waals surface area contributed by atoms with Crippen molar-refractivity contribution in [1.29, 1.82) is 0 Å². The Morgan fingerprint density at radius 3 is 2.88 bits per heavy atom. The van der Waals surface area contributed by atoms with Crippen LogP contribution in [0.15, 0.2) is 41.9 Å². The van der Waals surface area contributed by atoms with Gasteiger partial charge >= 0.3 is 6.16 Å². The summed E-state index contributed by atoms with van der Waals surface area (Å²) in [7, 11) is 0. The number of carbonyl (C=O) groups is 2. The third kappa shape index (κ3) is 5.46. The molecule has 0 saturated heterocycles. The molecule has 0 fully saturated rings. The predicted molar refractivity (Wildman–Crippen MR) is 126 cm³/mol. The highest BCUT2D eigenvalue weighted by molar-refractivity contribution is 7.17. The monoisotopic (exact) mass is 471 g/mol. The number of ether oxygens (including phenoxy) is 2.